The van der Waals surface area contributed by atoms with E-state index in [0.29, 0.717) is 23.7 Å². The molecule has 0 bridgehead atoms. The van der Waals surface area contributed by atoms with Gasteiger partial charge in [0.05, 0.1) is 0 Å². The number of alkyl halides is 1. The summed E-state index contributed by atoms with van der Waals surface area (Å²) < 4.78 is 0. The lowest BCUT2D eigenvalue weighted by molar-refractivity contribution is -0.134. The first-order valence-electron chi connectivity index (χ1n) is 7.50. The zero-order valence-electron chi connectivity index (χ0n) is 12.0. The van der Waals surface area contributed by atoms with Crippen LogP contribution in [-0.4, -0.2) is 29.3 Å². The maximum absolute atomic E-state index is 12.4. The van der Waals surface area contributed by atoms with Crippen LogP contribution in [0, 0.1) is 5.92 Å². The molecule has 0 unspecified atom stereocenters. The largest absolute Gasteiger partial charge is 0.340 e. The van der Waals surface area contributed by atoms with Crippen LogP contribution in [0.15, 0.2) is 0 Å². The molecule has 1 aliphatic carbocycles. The summed E-state index contributed by atoms with van der Waals surface area (Å²) in [6.45, 7) is 5.01. The van der Waals surface area contributed by atoms with Crippen molar-refractivity contribution in [2.24, 2.45) is 5.92 Å². The Morgan fingerprint density at radius 2 is 1.83 bits per heavy atom. The van der Waals surface area contributed by atoms with Crippen molar-refractivity contribution in [3.63, 3.8) is 0 Å². The molecule has 0 aliphatic heterocycles. The van der Waals surface area contributed by atoms with Gasteiger partial charge in [-0.2, -0.15) is 0 Å². The predicted octanol–water partition coefficient (Wildman–Crippen LogP) is 4.21. The molecule has 0 aromatic heterocycles. The molecule has 3 heteroatoms. The molecule has 1 aliphatic rings. The summed E-state index contributed by atoms with van der Waals surface area (Å²) in [5, 5.41) is 0. The Morgan fingerprint density at radius 1 is 1.22 bits per heavy atom. The van der Waals surface area contributed by atoms with Crippen LogP contribution in [0.3, 0.4) is 0 Å². The van der Waals surface area contributed by atoms with Crippen LogP contribution >= 0.6 is 11.6 Å². The third-order valence-corrected chi connectivity index (χ3v) is 4.18. The number of hydrogen-bond acceptors (Lipinski definition) is 1. The van der Waals surface area contributed by atoms with Crippen LogP contribution in [0.25, 0.3) is 0 Å². The number of carbonyl (C=O) groups excluding carboxylic acids is 1. The summed E-state index contributed by atoms with van der Waals surface area (Å²) in [6.07, 6.45) is 9.45. The number of rotatable bonds is 6. The fraction of sp³-hybridized carbons (Fsp3) is 0.933. The van der Waals surface area contributed by atoms with Crippen LogP contribution < -0.4 is 0 Å². The fourth-order valence-corrected chi connectivity index (χ4v) is 2.95. The third-order valence-electron chi connectivity index (χ3n) is 3.91. The highest BCUT2D eigenvalue weighted by molar-refractivity contribution is 6.17. The molecular weight excluding hydrogens is 246 g/mol. The van der Waals surface area contributed by atoms with Crippen molar-refractivity contribution in [3.8, 4) is 0 Å². The highest BCUT2D eigenvalue weighted by Gasteiger charge is 2.21. The zero-order chi connectivity index (χ0) is 13.4. The van der Waals surface area contributed by atoms with Crippen molar-refractivity contribution in [2.45, 2.75) is 71.3 Å². The van der Waals surface area contributed by atoms with E-state index in [9.17, 15) is 4.79 Å². The maximum Gasteiger partial charge on any atom is 0.223 e. The average Bonchev–Trinajstić information content (AvgIpc) is 2.57. The average molecular weight is 274 g/mol. The van der Waals surface area contributed by atoms with Gasteiger partial charge in [0.15, 0.2) is 0 Å². The highest BCUT2D eigenvalue weighted by Crippen LogP contribution is 2.26. The molecule has 0 N–H and O–H groups in total. The summed E-state index contributed by atoms with van der Waals surface area (Å²) in [5.41, 5.74) is 0. The van der Waals surface area contributed by atoms with Gasteiger partial charge in [-0.3, -0.25) is 4.79 Å². The summed E-state index contributed by atoms with van der Waals surface area (Å²) in [6, 6.07) is 0.298. The standard InChI is InChI=1S/C15H28ClNO/c1-13(2)17(11-7-10-16)15(18)12-14-8-5-3-4-6-9-14/h13-14H,3-12H2,1-2H3. The van der Waals surface area contributed by atoms with Crippen LogP contribution in [0.2, 0.25) is 0 Å². The lowest BCUT2D eigenvalue weighted by atomic mass is 9.95. The normalized spacial score (nSPS) is 17.8. The summed E-state index contributed by atoms with van der Waals surface area (Å²) in [5.74, 6) is 1.60. The predicted molar refractivity (Wildman–Crippen MR) is 78.0 cm³/mol. The molecule has 106 valence electrons. The van der Waals surface area contributed by atoms with Crippen molar-refractivity contribution in [2.75, 3.05) is 12.4 Å². The quantitative estimate of drug-likeness (QED) is 0.524. The van der Waals surface area contributed by atoms with Crippen LogP contribution in [0.5, 0.6) is 0 Å². The molecule has 0 atom stereocenters. The Morgan fingerprint density at radius 3 is 2.33 bits per heavy atom. The summed E-state index contributed by atoms with van der Waals surface area (Å²) in [7, 11) is 0. The minimum absolute atomic E-state index is 0.298. The van der Waals surface area contributed by atoms with Crippen molar-refractivity contribution < 1.29 is 4.79 Å². The van der Waals surface area contributed by atoms with Crippen molar-refractivity contribution in [1.29, 1.82) is 0 Å². The van der Waals surface area contributed by atoms with Gasteiger partial charge in [-0.15, -0.1) is 11.6 Å². The van der Waals surface area contributed by atoms with Gasteiger partial charge >= 0.3 is 0 Å². The number of nitrogens with zero attached hydrogens (tertiary/aromatic N) is 1. The Balaban J connectivity index is 2.43. The summed E-state index contributed by atoms with van der Waals surface area (Å²) in [4.78, 5) is 14.4. The first-order valence-corrected chi connectivity index (χ1v) is 8.04. The molecule has 0 heterocycles. The first-order chi connectivity index (χ1) is 8.65. The third kappa shape index (κ3) is 5.60. The van der Waals surface area contributed by atoms with Gasteiger partial charge in [0.1, 0.15) is 0 Å². The topological polar surface area (TPSA) is 20.3 Å². The van der Waals surface area contributed by atoms with Crippen LogP contribution in [0.1, 0.15) is 65.2 Å². The lowest BCUT2D eigenvalue weighted by Crippen LogP contribution is -2.38. The minimum atomic E-state index is 0.298. The second-order valence-electron chi connectivity index (χ2n) is 5.79. The van der Waals surface area contributed by atoms with Crippen molar-refractivity contribution in [1.82, 2.24) is 4.90 Å². The molecule has 0 aromatic rings. The number of halogens is 1. The van der Waals surface area contributed by atoms with Crippen LogP contribution in [0.4, 0.5) is 0 Å². The molecule has 2 nitrogen and oxygen atoms in total. The van der Waals surface area contributed by atoms with Gasteiger partial charge in [-0.05, 0) is 39.0 Å². The van der Waals surface area contributed by atoms with Gasteiger partial charge in [-0.1, -0.05) is 25.7 Å². The van der Waals surface area contributed by atoms with E-state index in [4.69, 9.17) is 11.6 Å². The molecule has 0 saturated heterocycles. The number of amides is 1. The molecule has 0 spiro atoms. The minimum Gasteiger partial charge on any atom is -0.340 e. The SMILES string of the molecule is CC(C)N(CCCCl)C(=O)CC1CCCCCC1. The monoisotopic (exact) mass is 273 g/mol. The Bertz CT molecular complexity index is 235. The lowest BCUT2D eigenvalue weighted by Gasteiger charge is -2.28. The van der Waals surface area contributed by atoms with E-state index < -0.39 is 0 Å². The second kappa shape index (κ2) is 8.79. The molecule has 1 rings (SSSR count). The number of carbonyl (C=O) groups is 1. The van der Waals surface area contributed by atoms with E-state index in [0.717, 1.165) is 19.4 Å². The van der Waals surface area contributed by atoms with Crippen molar-refractivity contribution in [3.05, 3.63) is 0 Å². The van der Waals surface area contributed by atoms with Gasteiger partial charge in [0, 0.05) is 24.9 Å². The molecule has 18 heavy (non-hydrogen) atoms. The molecule has 1 fully saturated rings. The fourth-order valence-electron chi connectivity index (χ4n) is 2.83. The number of hydrogen-bond donors (Lipinski definition) is 0. The van der Waals surface area contributed by atoms with E-state index in [1.165, 1.54) is 38.5 Å². The van der Waals surface area contributed by atoms with Gasteiger partial charge in [0.2, 0.25) is 5.91 Å². The van der Waals surface area contributed by atoms with Gasteiger partial charge in [-0.25, -0.2) is 0 Å². The Kier molecular flexibility index (Phi) is 7.73. The van der Waals surface area contributed by atoms with E-state index in [-0.39, 0.29) is 0 Å². The Labute approximate surface area is 117 Å². The van der Waals surface area contributed by atoms with E-state index >= 15 is 0 Å². The van der Waals surface area contributed by atoms with Crippen molar-refractivity contribution >= 4 is 17.5 Å². The maximum atomic E-state index is 12.4. The van der Waals surface area contributed by atoms with Crippen LogP contribution in [-0.2, 0) is 4.79 Å². The Hall–Kier alpha value is -0.240. The summed E-state index contributed by atoms with van der Waals surface area (Å²) >= 11 is 5.73. The molecule has 1 saturated carbocycles. The zero-order valence-corrected chi connectivity index (χ0v) is 12.7. The molecule has 0 radical (unpaired) electrons. The first kappa shape index (κ1) is 15.8. The van der Waals surface area contributed by atoms with E-state index in [2.05, 4.69) is 13.8 Å². The van der Waals surface area contributed by atoms with Gasteiger partial charge in [0.25, 0.3) is 0 Å². The second-order valence-corrected chi connectivity index (χ2v) is 6.16. The van der Waals surface area contributed by atoms with Gasteiger partial charge < -0.3 is 4.90 Å². The van der Waals surface area contributed by atoms with E-state index in [1.807, 2.05) is 4.90 Å². The highest BCUT2D eigenvalue weighted by atomic mass is 35.5. The molecular formula is C15H28ClNO. The van der Waals surface area contributed by atoms with E-state index in [1.54, 1.807) is 0 Å². The molecule has 1 amide bonds. The smallest absolute Gasteiger partial charge is 0.223 e. The molecule has 0 aromatic carbocycles.